The predicted octanol–water partition coefficient (Wildman–Crippen LogP) is 2.59. The van der Waals surface area contributed by atoms with Crippen LogP contribution < -0.4 is 5.32 Å². The summed E-state index contributed by atoms with van der Waals surface area (Å²) in [5.74, 6) is 0.581. The average molecular weight is 341 g/mol. The van der Waals surface area contributed by atoms with E-state index in [0.29, 0.717) is 11.4 Å². The Labute approximate surface area is 113 Å². The van der Waals surface area contributed by atoms with Gasteiger partial charge in [0.05, 0.1) is 5.69 Å². The lowest BCUT2D eigenvalue weighted by Gasteiger charge is -2.05. The van der Waals surface area contributed by atoms with Gasteiger partial charge in [-0.1, -0.05) is 6.07 Å². The zero-order chi connectivity index (χ0) is 12.4. The van der Waals surface area contributed by atoms with Crippen molar-refractivity contribution in [3.63, 3.8) is 0 Å². The highest BCUT2D eigenvalue weighted by atomic mass is 127. The van der Waals surface area contributed by atoms with E-state index in [1.807, 2.05) is 31.2 Å². The monoisotopic (exact) mass is 341 g/mol. The highest BCUT2D eigenvalue weighted by Gasteiger charge is 2.09. The maximum absolute atomic E-state index is 12.0. The number of aromatic nitrogens is 2. The van der Waals surface area contributed by atoms with Crippen molar-refractivity contribution in [3.8, 4) is 0 Å². The summed E-state index contributed by atoms with van der Waals surface area (Å²) in [6.07, 6.45) is 0. The minimum Gasteiger partial charge on any atom is -0.307 e. The molecule has 1 amide bonds. The van der Waals surface area contributed by atoms with Gasteiger partial charge in [0.25, 0.3) is 5.91 Å². The molecule has 0 aliphatic carbocycles. The van der Waals surface area contributed by atoms with E-state index in [1.54, 1.807) is 17.8 Å². The predicted molar refractivity (Wildman–Crippen MR) is 75.1 cm³/mol. The first-order valence-electron chi connectivity index (χ1n) is 5.14. The number of nitrogens with zero attached hydrogens (tertiary/aromatic N) is 2. The first-order valence-corrected chi connectivity index (χ1v) is 6.22. The molecule has 0 fully saturated rings. The normalized spacial score (nSPS) is 10.3. The molecule has 0 spiro atoms. The number of carbonyl (C=O) groups is 1. The highest BCUT2D eigenvalue weighted by molar-refractivity contribution is 14.1. The molecule has 5 heteroatoms. The van der Waals surface area contributed by atoms with Crippen molar-refractivity contribution in [2.45, 2.75) is 6.92 Å². The minimum absolute atomic E-state index is 0.119. The van der Waals surface area contributed by atoms with Gasteiger partial charge in [-0.3, -0.25) is 9.48 Å². The third kappa shape index (κ3) is 2.85. The first kappa shape index (κ1) is 12.1. The van der Waals surface area contributed by atoms with E-state index in [9.17, 15) is 4.79 Å². The molecule has 1 aromatic carbocycles. The Hall–Kier alpha value is -1.37. The Morgan fingerprint density at radius 3 is 2.76 bits per heavy atom. The summed E-state index contributed by atoms with van der Waals surface area (Å²) >= 11 is 2.18. The Morgan fingerprint density at radius 2 is 2.18 bits per heavy atom. The van der Waals surface area contributed by atoms with E-state index in [1.165, 1.54) is 0 Å². The lowest BCUT2D eigenvalue weighted by Crippen LogP contribution is -2.14. The Morgan fingerprint density at radius 1 is 1.41 bits per heavy atom. The second kappa shape index (κ2) is 4.87. The number of aryl methyl sites for hydroxylation is 2. The fourth-order valence-corrected chi connectivity index (χ4v) is 2.09. The Balaban J connectivity index is 2.20. The van der Waals surface area contributed by atoms with Crippen LogP contribution in [0.5, 0.6) is 0 Å². The van der Waals surface area contributed by atoms with E-state index in [-0.39, 0.29) is 5.91 Å². The number of benzene rings is 1. The van der Waals surface area contributed by atoms with Crippen LogP contribution in [0.3, 0.4) is 0 Å². The lowest BCUT2D eigenvalue weighted by atomic mass is 10.2. The summed E-state index contributed by atoms with van der Waals surface area (Å²) in [4.78, 5) is 12.0. The van der Waals surface area contributed by atoms with Crippen LogP contribution >= 0.6 is 22.6 Å². The van der Waals surface area contributed by atoms with E-state index in [4.69, 9.17) is 0 Å². The third-order valence-corrected chi connectivity index (χ3v) is 3.00. The second-order valence-corrected chi connectivity index (χ2v) is 5.00. The summed E-state index contributed by atoms with van der Waals surface area (Å²) < 4.78 is 2.69. The fourth-order valence-electron chi connectivity index (χ4n) is 1.55. The molecule has 0 saturated heterocycles. The number of rotatable bonds is 2. The van der Waals surface area contributed by atoms with Crippen LogP contribution in [0.2, 0.25) is 0 Å². The first-order chi connectivity index (χ1) is 8.06. The van der Waals surface area contributed by atoms with Gasteiger partial charge in [0, 0.05) is 22.2 Å². The average Bonchev–Trinajstić information content (AvgIpc) is 2.57. The van der Waals surface area contributed by atoms with E-state index < -0.39 is 0 Å². The maximum atomic E-state index is 12.0. The smallest absolute Gasteiger partial charge is 0.256 e. The number of hydrogen-bond donors (Lipinski definition) is 1. The molecule has 1 heterocycles. The topological polar surface area (TPSA) is 46.9 Å². The molecule has 0 saturated carbocycles. The number of anilines is 1. The molecule has 88 valence electrons. The molecule has 0 radical (unpaired) electrons. The molecule has 0 aliphatic heterocycles. The number of carbonyl (C=O) groups excluding carboxylic acids is 1. The van der Waals surface area contributed by atoms with Gasteiger partial charge in [0.2, 0.25) is 0 Å². The lowest BCUT2D eigenvalue weighted by molar-refractivity contribution is 0.102. The SMILES string of the molecule is Cc1cc(NC(=O)c2cccc(I)c2)n(C)n1. The molecule has 2 aromatic rings. The molecule has 0 aliphatic rings. The van der Waals surface area contributed by atoms with Gasteiger partial charge < -0.3 is 5.32 Å². The molecule has 0 atom stereocenters. The summed E-state index contributed by atoms with van der Waals surface area (Å²) in [6, 6.07) is 9.29. The molecular weight excluding hydrogens is 329 g/mol. The standard InChI is InChI=1S/C12H12IN3O/c1-8-6-11(16(2)15-8)14-12(17)9-4-3-5-10(13)7-9/h3-7H,1-2H3,(H,14,17). The number of hydrogen-bond acceptors (Lipinski definition) is 2. The van der Waals surface area contributed by atoms with Crippen molar-refractivity contribution >= 4 is 34.3 Å². The third-order valence-electron chi connectivity index (χ3n) is 2.33. The van der Waals surface area contributed by atoms with Crippen molar-refractivity contribution in [3.05, 3.63) is 45.2 Å². The van der Waals surface area contributed by atoms with Gasteiger partial charge >= 0.3 is 0 Å². The molecule has 4 nitrogen and oxygen atoms in total. The van der Waals surface area contributed by atoms with Crippen molar-refractivity contribution < 1.29 is 4.79 Å². The number of nitrogens with one attached hydrogen (secondary N) is 1. The van der Waals surface area contributed by atoms with Gasteiger partial charge in [-0.15, -0.1) is 0 Å². The van der Waals surface area contributed by atoms with Crippen LogP contribution in [-0.4, -0.2) is 15.7 Å². The zero-order valence-corrected chi connectivity index (χ0v) is 11.7. The van der Waals surface area contributed by atoms with Crippen LogP contribution in [0.4, 0.5) is 5.82 Å². The molecular formula is C12H12IN3O. The summed E-state index contributed by atoms with van der Waals surface area (Å²) in [5.41, 5.74) is 1.53. The molecule has 2 rings (SSSR count). The maximum Gasteiger partial charge on any atom is 0.256 e. The van der Waals surface area contributed by atoms with E-state index >= 15 is 0 Å². The largest absolute Gasteiger partial charge is 0.307 e. The van der Waals surface area contributed by atoms with Gasteiger partial charge in [0.15, 0.2) is 0 Å². The highest BCUT2D eigenvalue weighted by Crippen LogP contribution is 2.12. The van der Waals surface area contributed by atoms with Crippen LogP contribution in [0.1, 0.15) is 16.1 Å². The van der Waals surface area contributed by atoms with Crippen molar-refractivity contribution in [1.82, 2.24) is 9.78 Å². The Bertz CT molecular complexity index is 563. The van der Waals surface area contributed by atoms with Gasteiger partial charge in [-0.05, 0) is 47.7 Å². The summed E-state index contributed by atoms with van der Waals surface area (Å²) in [5, 5.41) is 7.01. The zero-order valence-electron chi connectivity index (χ0n) is 9.57. The molecule has 0 unspecified atom stereocenters. The Kier molecular flexibility index (Phi) is 3.46. The van der Waals surface area contributed by atoms with Crippen molar-refractivity contribution in [2.75, 3.05) is 5.32 Å². The van der Waals surface area contributed by atoms with Crippen molar-refractivity contribution in [2.24, 2.45) is 7.05 Å². The minimum atomic E-state index is -0.119. The van der Waals surface area contributed by atoms with Crippen LogP contribution in [-0.2, 0) is 7.05 Å². The second-order valence-electron chi connectivity index (χ2n) is 3.76. The van der Waals surface area contributed by atoms with Gasteiger partial charge in [-0.2, -0.15) is 5.10 Å². The number of amides is 1. The van der Waals surface area contributed by atoms with Crippen LogP contribution in [0, 0.1) is 10.5 Å². The summed E-state index contributed by atoms with van der Waals surface area (Å²) in [7, 11) is 1.80. The van der Waals surface area contributed by atoms with Crippen LogP contribution in [0.15, 0.2) is 30.3 Å². The molecule has 17 heavy (non-hydrogen) atoms. The molecule has 1 N–H and O–H groups in total. The number of halogens is 1. The quantitative estimate of drug-likeness (QED) is 0.854. The van der Waals surface area contributed by atoms with Gasteiger partial charge in [0.1, 0.15) is 5.82 Å². The van der Waals surface area contributed by atoms with Gasteiger partial charge in [-0.25, -0.2) is 0 Å². The van der Waals surface area contributed by atoms with Crippen molar-refractivity contribution in [1.29, 1.82) is 0 Å². The molecule has 1 aromatic heterocycles. The van der Waals surface area contributed by atoms with E-state index in [0.717, 1.165) is 9.26 Å². The van der Waals surface area contributed by atoms with Crippen LogP contribution in [0.25, 0.3) is 0 Å². The summed E-state index contributed by atoms with van der Waals surface area (Å²) in [6.45, 7) is 1.89. The molecule has 0 bridgehead atoms. The fraction of sp³-hybridized carbons (Fsp3) is 0.167. The van der Waals surface area contributed by atoms with E-state index in [2.05, 4.69) is 33.0 Å².